The van der Waals surface area contributed by atoms with Gasteiger partial charge in [-0.1, -0.05) is 30.3 Å². The van der Waals surface area contributed by atoms with Crippen LogP contribution in [0.4, 0.5) is 4.39 Å². The first-order valence-corrected chi connectivity index (χ1v) is 10.3. The summed E-state index contributed by atoms with van der Waals surface area (Å²) in [5.74, 6) is 0.268. The normalized spacial score (nSPS) is 12.5. The van der Waals surface area contributed by atoms with E-state index in [9.17, 15) is 9.18 Å². The molecule has 1 unspecified atom stereocenters. The molecule has 0 spiro atoms. The summed E-state index contributed by atoms with van der Waals surface area (Å²) < 4.78 is 19.9. The number of halogens is 1. The minimum Gasteiger partial charge on any atom is -0.451 e. The molecule has 0 fully saturated rings. The van der Waals surface area contributed by atoms with Crippen molar-refractivity contribution in [2.75, 3.05) is 20.6 Å². The first kappa shape index (κ1) is 20.4. The molecule has 1 amide bonds. The summed E-state index contributed by atoms with van der Waals surface area (Å²) >= 11 is 1.36. The highest BCUT2D eigenvalue weighted by molar-refractivity contribution is 7.98. The molecule has 0 bridgehead atoms. The first-order chi connectivity index (χ1) is 13.5. The highest BCUT2D eigenvalue weighted by atomic mass is 32.2. The van der Waals surface area contributed by atoms with Crippen molar-refractivity contribution in [2.45, 2.75) is 30.0 Å². The van der Waals surface area contributed by atoms with Gasteiger partial charge in [-0.2, -0.15) is 0 Å². The van der Waals surface area contributed by atoms with Crippen LogP contribution in [0.5, 0.6) is 0 Å². The number of rotatable bonds is 8. The van der Waals surface area contributed by atoms with E-state index in [1.54, 1.807) is 18.2 Å². The van der Waals surface area contributed by atoms with Gasteiger partial charge in [0, 0.05) is 27.6 Å². The minimum atomic E-state index is -0.261. The average molecular weight is 401 g/mol. The monoisotopic (exact) mass is 400 g/mol. The van der Waals surface area contributed by atoms with E-state index in [2.05, 4.69) is 10.2 Å². The predicted molar refractivity (Wildman–Crippen MR) is 112 cm³/mol. The number of furan rings is 1. The predicted octanol–water partition coefficient (Wildman–Crippen LogP) is 4.93. The van der Waals surface area contributed by atoms with Crippen LogP contribution in [0.15, 0.2) is 57.8 Å². The van der Waals surface area contributed by atoms with E-state index in [0.717, 1.165) is 23.9 Å². The summed E-state index contributed by atoms with van der Waals surface area (Å²) in [5, 5.41) is 3.91. The van der Waals surface area contributed by atoms with Gasteiger partial charge in [-0.25, -0.2) is 4.39 Å². The fourth-order valence-electron chi connectivity index (χ4n) is 2.95. The van der Waals surface area contributed by atoms with Gasteiger partial charge in [-0.3, -0.25) is 4.79 Å². The largest absolute Gasteiger partial charge is 0.451 e. The Morgan fingerprint density at radius 1 is 1.18 bits per heavy atom. The Bertz CT molecular complexity index is 955. The molecule has 148 valence electrons. The van der Waals surface area contributed by atoms with Crippen LogP contribution in [-0.4, -0.2) is 37.5 Å². The summed E-state index contributed by atoms with van der Waals surface area (Å²) in [6, 6.07) is 14.2. The van der Waals surface area contributed by atoms with E-state index < -0.39 is 0 Å². The van der Waals surface area contributed by atoms with Crippen LogP contribution < -0.4 is 5.32 Å². The molecule has 3 rings (SSSR count). The molecule has 0 saturated carbocycles. The molecule has 4 nitrogen and oxygen atoms in total. The smallest absolute Gasteiger partial charge is 0.287 e. The van der Waals surface area contributed by atoms with Crippen molar-refractivity contribution in [3.8, 4) is 0 Å². The molecular formula is C22H25FN2O2S. The molecule has 28 heavy (non-hydrogen) atoms. The van der Waals surface area contributed by atoms with Crippen LogP contribution >= 0.6 is 11.8 Å². The van der Waals surface area contributed by atoms with Gasteiger partial charge in [0.05, 0.1) is 0 Å². The zero-order valence-corrected chi connectivity index (χ0v) is 17.2. The fraction of sp³-hybridized carbons (Fsp3) is 0.318. The minimum absolute atomic E-state index is 0.0233. The summed E-state index contributed by atoms with van der Waals surface area (Å²) in [7, 11) is 4.01. The summed E-state index contributed by atoms with van der Waals surface area (Å²) in [6.45, 7) is 2.87. The van der Waals surface area contributed by atoms with Crippen LogP contribution in [0.25, 0.3) is 11.0 Å². The third kappa shape index (κ3) is 4.94. The lowest BCUT2D eigenvalue weighted by Crippen LogP contribution is -2.35. The number of para-hydroxylation sites is 1. The molecule has 1 atom stereocenters. The van der Waals surface area contributed by atoms with Crippen LogP contribution in [-0.2, 0) is 5.75 Å². The lowest BCUT2D eigenvalue weighted by molar-refractivity contribution is 0.0910. The molecule has 0 saturated heterocycles. The number of benzene rings is 2. The third-order valence-corrected chi connectivity index (χ3v) is 5.58. The quantitative estimate of drug-likeness (QED) is 0.545. The topological polar surface area (TPSA) is 45.5 Å². The average Bonchev–Trinajstić information content (AvgIpc) is 3.04. The maximum absolute atomic E-state index is 14.0. The van der Waals surface area contributed by atoms with Gasteiger partial charge < -0.3 is 14.6 Å². The number of carbonyl (C=O) groups is 1. The maximum Gasteiger partial charge on any atom is 0.287 e. The highest BCUT2D eigenvalue weighted by Crippen LogP contribution is 2.33. The summed E-state index contributed by atoms with van der Waals surface area (Å²) in [6.07, 6.45) is 0.846. The zero-order chi connectivity index (χ0) is 20.1. The summed E-state index contributed by atoms with van der Waals surface area (Å²) in [4.78, 5) is 15.5. The van der Waals surface area contributed by atoms with Gasteiger partial charge >= 0.3 is 0 Å². The SMILES string of the molecule is CC(CCN(C)C)NC(=O)c1oc2ccccc2c1CSc1ccccc1F. The van der Waals surface area contributed by atoms with Gasteiger partial charge in [0.25, 0.3) is 5.91 Å². The van der Waals surface area contributed by atoms with Crippen molar-refractivity contribution in [1.29, 1.82) is 0 Å². The van der Waals surface area contributed by atoms with Crippen LogP contribution in [0.2, 0.25) is 0 Å². The third-order valence-electron chi connectivity index (χ3n) is 4.50. The number of fused-ring (bicyclic) bond motifs is 1. The molecular weight excluding hydrogens is 375 g/mol. The van der Waals surface area contributed by atoms with Crippen molar-refractivity contribution < 1.29 is 13.6 Å². The standard InChI is InChI=1S/C22H25FN2O2S/c1-15(12-13-25(2)3)24-22(26)21-17(16-8-4-6-10-19(16)27-21)14-28-20-11-7-5-9-18(20)23/h4-11,15H,12-14H2,1-3H3,(H,24,26). The molecule has 1 N–H and O–H groups in total. The number of nitrogens with zero attached hydrogens (tertiary/aromatic N) is 1. The second kappa shape index (κ2) is 9.26. The van der Waals surface area contributed by atoms with Gasteiger partial charge in [0.2, 0.25) is 0 Å². The lowest BCUT2D eigenvalue weighted by atomic mass is 10.1. The van der Waals surface area contributed by atoms with E-state index in [0.29, 0.717) is 22.0 Å². The molecule has 0 aliphatic heterocycles. The lowest BCUT2D eigenvalue weighted by Gasteiger charge is -2.16. The van der Waals surface area contributed by atoms with Crippen molar-refractivity contribution in [1.82, 2.24) is 10.2 Å². The van der Waals surface area contributed by atoms with E-state index in [4.69, 9.17) is 4.42 Å². The van der Waals surface area contributed by atoms with E-state index >= 15 is 0 Å². The molecule has 2 aromatic carbocycles. The number of hydrogen-bond donors (Lipinski definition) is 1. The second-order valence-electron chi connectivity index (χ2n) is 7.09. The van der Waals surface area contributed by atoms with Crippen LogP contribution in [0.3, 0.4) is 0 Å². The molecule has 0 aliphatic rings. The van der Waals surface area contributed by atoms with E-state index in [1.807, 2.05) is 45.3 Å². The summed E-state index contributed by atoms with van der Waals surface area (Å²) in [5.41, 5.74) is 1.46. The van der Waals surface area contributed by atoms with Crippen LogP contribution in [0.1, 0.15) is 29.5 Å². The number of hydrogen-bond acceptors (Lipinski definition) is 4. The fourth-order valence-corrected chi connectivity index (χ4v) is 3.92. The first-order valence-electron chi connectivity index (χ1n) is 9.29. The highest BCUT2D eigenvalue weighted by Gasteiger charge is 2.22. The Hall–Kier alpha value is -2.31. The molecule has 3 aromatic rings. The number of nitrogens with one attached hydrogen (secondary N) is 1. The molecule has 1 heterocycles. The number of amides is 1. The molecule has 6 heteroatoms. The Morgan fingerprint density at radius 2 is 1.89 bits per heavy atom. The molecule has 0 aliphatic carbocycles. The van der Waals surface area contributed by atoms with Gasteiger partial charge in [-0.15, -0.1) is 11.8 Å². The van der Waals surface area contributed by atoms with Crippen molar-refractivity contribution >= 4 is 28.6 Å². The number of thioether (sulfide) groups is 1. The van der Waals surface area contributed by atoms with Gasteiger partial charge in [-0.05, 0) is 52.2 Å². The van der Waals surface area contributed by atoms with Crippen molar-refractivity contribution in [2.24, 2.45) is 0 Å². The Balaban J connectivity index is 1.82. The van der Waals surface area contributed by atoms with Crippen molar-refractivity contribution in [3.63, 3.8) is 0 Å². The maximum atomic E-state index is 14.0. The Kier molecular flexibility index (Phi) is 6.75. The molecule has 1 aromatic heterocycles. The van der Waals surface area contributed by atoms with E-state index in [-0.39, 0.29) is 17.8 Å². The van der Waals surface area contributed by atoms with E-state index in [1.165, 1.54) is 17.8 Å². The Morgan fingerprint density at radius 3 is 2.64 bits per heavy atom. The van der Waals surface area contributed by atoms with Crippen LogP contribution in [0, 0.1) is 5.82 Å². The second-order valence-corrected chi connectivity index (χ2v) is 8.11. The van der Waals surface area contributed by atoms with Gasteiger partial charge in [0.1, 0.15) is 11.4 Å². The Labute approximate surface area is 169 Å². The number of carbonyl (C=O) groups excluding carboxylic acids is 1. The molecule has 0 radical (unpaired) electrons. The van der Waals surface area contributed by atoms with Gasteiger partial charge in [0.15, 0.2) is 5.76 Å². The zero-order valence-electron chi connectivity index (χ0n) is 16.4. The van der Waals surface area contributed by atoms with Crippen molar-refractivity contribution in [3.05, 3.63) is 65.7 Å².